The smallest absolute Gasteiger partial charge is 0.224 e. The molecule has 6 heteroatoms. The predicted molar refractivity (Wildman–Crippen MR) is 84.6 cm³/mol. The van der Waals surface area contributed by atoms with Gasteiger partial charge in [-0.2, -0.15) is 4.98 Å². The highest BCUT2D eigenvalue weighted by molar-refractivity contribution is 5.50. The molecule has 21 heavy (non-hydrogen) atoms. The highest BCUT2D eigenvalue weighted by atomic mass is 16.1. The lowest BCUT2D eigenvalue weighted by Crippen LogP contribution is -2.46. The zero-order valence-electron chi connectivity index (χ0n) is 13.2. The molecule has 6 nitrogen and oxygen atoms in total. The van der Waals surface area contributed by atoms with Crippen molar-refractivity contribution in [1.29, 1.82) is 0 Å². The molecule has 1 aromatic rings. The molecule has 116 valence electrons. The Hall–Kier alpha value is -1.85. The first kappa shape index (κ1) is 15.5. The van der Waals surface area contributed by atoms with Crippen LogP contribution in [-0.4, -0.2) is 54.0 Å². The lowest BCUT2D eigenvalue weighted by atomic mass is 10.1. The second kappa shape index (κ2) is 7.24. The van der Waals surface area contributed by atoms with Gasteiger partial charge in [0.25, 0.3) is 0 Å². The van der Waals surface area contributed by atoms with Crippen molar-refractivity contribution in [3.8, 4) is 0 Å². The maximum absolute atomic E-state index is 10.8. The molecule has 0 radical (unpaired) electrons. The Kier molecular flexibility index (Phi) is 5.36. The standard InChI is InChI=1S/C15H25N5O/c1-12(2)4-5-16-15-17-13(3)10-14(18-15)20-8-6-19(11-21)7-9-20/h10-12H,4-9H2,1-3H3,(H,16,17,18). The zero-order chi connectivity index (χ0) is 15.2. The van der Waals surface area contributed by atoms with Gasteiger partial charge in [-0.1, -0.05) is 13.8 Å². The Morgan fingerprint density at radius 3 is 2.62 bits per heavy atom. The minimum Gasteiger partial charge on any atom is -0.354 e. The first-order chi connectivity index (χ1) is 10.1. The third-order valence-corrected chi connectivity index (χ3v) is 3.63. The molecule has 1 aliphatic rings. The number of nitrogens with one attached hydrogen (secondary N) is 1. The van der Waals surface area contributed by atoms with E-state index in [1.165, 1.54) is 0 Å². The summed E-state index contributed by atoms with van der Waals surface area (Å²) in [5, 5.41) is 3.30. The predicted octanol–water partition coefficient (Wildman–Crippen LogP) is 1.52. The average molecular weight is 291 g/mol. The molecule has 1 aliphatic heterocycles. The molecular weight excluding hydrogens is 266 g/mol. The molecule has 1 aromatic heterocycles. The van der Waals surface area contributed by atoms with E-state index in [2.05, 4.69) is 34.0 Å². The summed E-state index contributed by atoms with van der Waals surface area (Å²) in [5.41, 5.74) is 0.963. The molecule has 2 rings (SSSR count). The van der Waals surface area contributed by atoms with Gasteiger partial charge in [-0.25, -0.2) is 4.98 Å². The number of hydrogen-bond donors (Lipinski definition) is 1. The van der Waals surface area contributed by atoms with E-state index in [0.717, 1.165) is 57.1 Å². The van der Waals surface area contributed by atoms with E-state index in [0.29, 0.717) is 11.9 Å². The van der Waals surface area contributed by atoms with Crippen molar-refractivity contribution in [2.24, 2.45) is 5.92 Å². The number of carbonyl (C=O) groups is 1. The van der Waals surface area contributed by atoms with E-state index in [1.807, 2.05) is 13.0 Å². The van der Waals surface area contributed by atoms with E-state index in [1.54, 1.807) is 4.90 Å². The fraction of sp³-hybridized carbons (Fsp3) is 0.667. The van der Waals surface area contributed by atoms with Gasteiger partial charge in [0.15, 0.2) is 0 Å². The van der Waals surface area contributed by atoms with Gasteiger partial charge in [-0.3, -0.25) is 4.79 Å². The number of amides is 1. The molecule has 1 saturated heterocycles. The number of rotatable bonds is 6. The molecule has 2 heterocycles. The molecule has 0 saturated carbocycles. The summed E-state index contributed by atoms with van der Waals surface area (Å²) >= 11 is 0. The molecule has 0 spiro atoms. The van der Waals surface area contributed by atoms with E-state index in [4.69, 9.17) is 0 Å². The number of piperazine rings is 1. The number of nitrogens with zero attached hydrogens (tertiary/aromatic N) is 4. The van der Waals surface area contributed by atoms with Gasteiger partial charge in [-0.15, -0.1) is 0 Å². The van der Waals surface area contributed by atoms with Crippen molar-refractivity contribution in [1.82, 2.24) is 14.9 Å². The Morgan fingerprint density at radius 1 is 1.29 bits per heavy atom. The first-order valence-electron chi connectivity index (χ1n) is 7.62. The van der Waals surface area contributed by atoms with Crippen LogP contribution in [0.5, 0.6) is 0 Å². The van der Waals surface area contributed by atoms with Crippen LogP contribution in [-0.2, 0) is 4.79 Å². The van der Waals surface area contributed by atoms with Gasteiger partial charge in [0.1, 0.15) is 5.82 Å². The third-order valence-electron chi connectivity index (χ3n) is 3.63. The Morgan fingerprint density at radius 2 is 2.00 bits per heavy atom. The van der Waals surface area contributed by atoms with Crippen molar-refractivity contribution in [3.05, 3.63) is 11.8 Å². The SMILES string of the molecule is Cc1cc(N2CCN(C=O)CC2)nc(NCCC(C)C)n1. The second-order valence-electron chi connectivity index (χ2n) is 5.93. The molecule has 1 fully saturated rings. The van der Waals surface area contributed by atoms with Crippen LogP contribution in [0.2, 0.25) is 0 Å². The van der Waals surface area contributed by atoms with Crippen LogP contribution in [0.15, 0.2) is 6.07 Å². The first-order valence-corrected chi connectivity index (χ1v) is 7.62. The van der Waals surface area contributed by atoms with Crippen LogP contribution < -0.4 is 10.2 Å². The fourth-order valence-corrected chi connectivity index (χ4v) is 2.32. The van der Waals surface area contributed by atoms with E-state index in [-0.39, 0.29) is 0 Å². The molecule has 0 bridgehead atoms. The maximum atomic E-state index is 10.8. The average Bonchev–Trinajstić information content (AvgIpc) is 2.46. The summed E-state index contributed by atoms with van der Waals surface area (Å²) in [5.74, 6) is 2.31. The molecular formula is C15H25N5O. The summed E-state index contributed by atoms with van der Waals surface area (Å²) < 4.78 is 0. The van der Waals surface area contributed by atoms with Crippen molar-refractivity contribution in [3.63, 3.8) is 0 Å². The lowest BCUT2D eigenvalue weighted by molar-refractivity contribution is -0.118. The van der Waals surface area contributed by atoms with Crippen LogP contribution in [0.1, 0.15) is 26.0 Å². The molecule has 1 amide bonds. The number of anilines is 2. The zero-order valence-corrected chi connectivity index (χ0v) is 13.2. The van der Waals surface area contributed by atoms with Crippen LogP contribution in [0, 0.1) is 12.8 Å². The highest BCUT2D eigenvalue weighted by Gasteiger charge is 2.17. The fourth-order valence-electron chi connectivity index (χ4n) is 2.32. The quantitative estimate of drug-likeness (QED) is 0.805. The van der Waals surface area contributed by atoms with E-state index in [9.17, 15) is 4.79 Å². The van der Waals surface area contributed by atoms with E-state index >= 15 is 0 Å². The van der Waals surface area contributed by atoms with Gasteiger partial charge < -0.3 is 15.1 Å². The molecule has 0 unspecified atom stereocenters. The van der Waals surface area contributed by atoms with Crippen molar-refractivity contribution >= 4 is 18.2 Å². The lowest BCUT2D eigenvalue weighted by Gasteiger charge is -2.33. The monoisotopic (exact) mass is 291 g/mol. The second-order valence-corrected chi connectivity index (χ2v) is 5.93. The molecule has 1 N–H and O–H groups in total. The summed E-state index contributed by atoms with van der Waals surface area (Å²) in [6.07, 6.45) is 2.02. The van der Waals surface area contributed by atoms with Gasteiger partial charge in [0.2, 0.25) is 12.4 Å². The molecule has 0 atom stereocenters. The van der Waals surface area contributed by atoms with Crippen LogP contribution >= 0.6 is 0 Å². The molecule has 0 aliphatic carbocycles. The maximum Gasteiger partial charge on any atom is 0.224 e. The number of aryl methyl sites for hydroxylation is 1. The van der Waals surface area contributed by atoms with Gasteiger partial charge >= 0.3 is 0 Å². The van der Waals surface area contributed by atoms with E-state index < -0.39 is 0 Å². The highest BCUT2D eigenvalue weighted by Crippen LogP contribution is 2.16. The van der Waals surface area contributed by atoms with Crippen molar-refractivity contribution in [2.75, 3.05) is 42.9 Å². The summed E-state index contributed by atoms with van der Waals surface area (Å²) in [7, 11) is 0. The number of aromatic nitrogens is 2. The topological polar surface area (TPSA) is 61.4 Å². The summed E-state index contributed by atoms with van der Waals surface area (Å²) in [6, 6.07) is 2.00. The van der Waals surface area contributed by atoms with Crippen molar-refractivity contribution in [2.45, 2.75) is 27.2 Å². The van der Waals surface area contributed by atoms with Gasteiger partial charge in [-0.05, 0) is 19.3 Å². The van der Waals surface area contributed by atoms with Crippen LogP contribution in [0.3, 0.4) is 0 Å². The minimum atomic E-state index is 0.665. The number of carbonyl (C=O) groups excluding carboxylic acids is 1. The molecule has 0 aromatic carbocycles. The van der Waals surface area contributed by atoms with Crippen LogP contribution in [0.25, 0.3) is 0 Å². The Labute approximate surface area is 126 Å². The minimum absolute atomic E-state index is 0.665. The van der Waals surface area contributed by atoms with Crippen molar-refractivity contribution < 1.29 is 4.79 Å². The number of hydrogen-bond acceptors (Lipinski definition) is 5. The van der Waals surface area contributed by atoms with Gasteiger partial charge in [0.05, 0.1) is 0 Å². The third kappa shape index (κ3) is 4.58. The largest absolute Gasteiger partial charge is 0.354 e. The summed E-state index contributed by atoms with van der Waals surface area (Å²) in [6.45, 7) is 10.4. The Balaban J connectivity index is 1.99. The normalized spacial score (nSPS) is 15.4. The van der Waals surface area contributed by atoms with Gasteiger partial charge in [0, 0.05) is 44.5 Å². The summed E-state index contributed by atoms with van der Waals surface area (Å²) in [4.78, 5) is 23.8. The Bertz CT molecular complexity index is 469. The van der Waals surface area contributed by atoms with Crippen LogP contribution in [0.4, 0.5) is 11.8 Å².